The molecule has 2 aromatic heterocycles. The summed E-state index contributed by atoms with van der Waals surface area (Å²) in [6.07, 6.45) is 6.73. The number of anilines is 1. The molecule has 2 aromatic rings. The second kappa shape index (κ2) is 8.80. The molecule has 0 radical (unpaired) electrons. The van der Waals surface area contributed by atoms with E-state index in [-0.39, 0.29) is 12.0 Å². The number of nitrogens with zero attached hydrogens (tertiary/aromatic N) is 4. The first-order valence-corrected chi connectivity index (χ1v) is 9.14. The molecule has 0 bridgehead atoms. The van der Waals surface area contributed by atoms with Gasteiger partial charge in [0.25, 0.3) is 0 Å². The molecule has 3 rings (SSSR count). The predicted molar refractivity (Wildman–Crippen MR) is 100.0 cm³/mol. The van der Waals surface area contributed by atoms with Crippen LogP contribution in [0.3, 0.4) is 0 Å². The van der Waals surface area contributed by atoms with E-state index < -0.39 is 0 Å². The highest BCUT2D eigenvalue weighted by atomic mass is 16.5. The number of nitrogens with one attached hydrogen (secondary N) is 1. The molecular weight excluding hydrogens is 330 g/mol. The van der Waals surface area contributed by atoms with Gasteiger partial charge in [0.05, 0.1) is 12.7 Å². The number of carbonyl (C=O) groups excluding carboxylic acids is 1. The average Bonchev–Trinajstić information content (AvgIpc) is 3.09. The van der Waals surface area contributed by atoms with Gasteiger partial charge in [0.15, 0.2) is 0 Å². The van der Waals surface area contributed by atoms with E-state index in [9.17, 15) is 4.79 Å². The van der Waals surface area contributed by atoms with Crippen LogP contribution in [-0.2, 0) is 29.4 Å². The van der Waals surface area contributed by atoms with Crippen LogP contribution < -0.4 is 5.32 Å². The third-order valence-electron chi connectivity index (χ3n) is 4.84. The van der Waals surface area contributed by atoms with Gasteiger partial charge in [-0.05, 0) is 43.0 Å². The van der Waals surface area contributed by atoms with E-state index in [2.05, 4.69) is 21.5 Å². The first-order chi connectivity index (χ1) is 12.7. The molecular formula is C19H27N5O2. The van der Waals surface area contributed by atoms with E-state index in [1.54, 1.807) is 6.20 Å². The Morgan fingerprint density at radius 3 is 3.00 bits per heavy atom. The fourth-order valence-electron chi connectivity index (χ4n) is 3.25. The molecule has 0 unspecified atom stereocenters. The maximum absolute atomic E-state index is 12.5. The number of hydrogen-bond donors (Lipinski definition) is 1. The maximum Gasteiger partial charge on any atom is 0.223 e. The van der Waals surface area contributed by atoms with Gasteiger partial charge in [-0.15, -0.1) is 0 Å². The summed E-state index contributed by atoms with van der Waals surface area (Å²) < 4.78 is 7.69. The Balaban J connectivity index is 1.47. The predicted octanol–water partition coefficient (Wildman–Crippen LogP) is 1.65. The van der Waals surface area contributed by atoms with Crippen LogP contribution in [0.2, 0.25) is 0 Å². The lowest BCUT2D eigenvalue weighted by atomic mass is 10.1. The Bertz CT molecular complexity index is 730. The maximum atomic E-state index is 12.5. The van der Waals surface area contributed by atoms with Gasteiger partial charge in [0.1, 0.15) is 5.82 Å². The molecule has 140 valence electrons. The van der Waals surface area contributed by atoms with Crippen molar-refractivity contribution >= 4 is 11.7 Å². The van der Waals surface area contributed by atoms with Crippen molar-refractivity contribution < 1.29 is 9.53 Å². The fraction of sp³-hybridized carbons (Fsp3) is 0.526. The second-order valence-electron chi connectivity index (χ2n) is 6.62. The lowest BCUT2D eigenvalue weighted by Gasteiger charge is -2.33. The molecule has 7 heteroatoms. The summed E-state index contributed by atoms with van der Waals surface area (Å²) >= 11 is 0. The Morgan fingerprint density at radius 1 is 1.35 bits per heavy atom. The minimum Gasteiger partial charge on any atom is -0.375 e. The number of rotatable bonds is 7. The zero-order chi connectivity index (χ0) is 18.4. The minimum atomic E-state index is 0.0932. The van der Waals surface area contributed by atoms with E-state index in [1.807, 2.05) is 42.0 Å². The first-order valence-electron chi connectivity index (χ1n) is 9.14. The van der Waals surface area contributed by atoms with Crippen molar-refractivity contribution in [1.29, 1.82) is 0 Å². The van der Waals surface area contributed by atoms with Gasteiger partial charge in [0.2, 0.25) is 5.91 Å². The molecule has 1 saturated heterocycles. The molecule has 0 spiro atoms. The fourth-order valence-corrected chi connectivity index (χ4v) is 3.25. The Hall–Kier alpha value is -2.41. The molecule has 1 atom stereocenters. The van der Waals surface area contributed by atoms with Crippen molar-refractivity contribution in [3.8, 4) is 0 Å². The SMILES string of the molecule is CNc1cc(CC[C@H]2CN(C(=O)CCc3ccnn3C)CCO2)ccn1. The molecule has 1 aliphatic rings. The van der Waals surface area contributed by atoms with Crippen molar-refractivity contribution in [2.75, 3.05) is 32.1 Å². The molecule has 1 amide bonds. The second-order valence-corrected chi connectivity index (χ2v) is 6.62. The minimum absolute atomic E-state index is 0.0932. The number of aryl methyl sites for hydroxylation is 3. The highest BCUT2D eigenvalue weighted by molar-refractivity contribution is 5.76. The number of morpholine rings is 1. The Morgan fingerprint density at radius 2 is 2.23 bits per heavy atom. The molecule has 0 aliphatic carbocycles. The van der Waals surface area contributed by atoms with Crippen LogP contribution in [0, 0.1) is 0 Å². The summed E-state index contributed by atoms with van der Waals surface area (Å²) in [5.41, 5.74) is 2.31. The average molecular weight is 357 g/mol. The van der Waals surface area contributed by atoms with E-state index in [0.29, 0.717) is 26.1 Å². The van der Waals surface area contributed by atoms with Crippen molar-refractivity contribution in [2.24, 2.45) is 7.05 Å². The topological polar surface area (TPSA) is 72.3 Å². The van der Waals surface area contributed by atoms with Crippen LogP contribution in [0.5, 0.6) is 0 Å². The zero-order valence-electron chi connectivity index (χ0n) is 15.5. The van der Waals surface area contributed by atoms with Gasteiger partial charge in [-0.3, -0.25) is 9.48 Å². The first kappa shape index (κ1) is 18.4. The van der Waals surface area contributed by atoms with Gasteiger partial charge in [-0.25, -0.2) is 4.98 Å². The number of aromatic nitrogens is 3. The van der Waals surface area contributed by atoms with Crippen LogP contribution in [0.4, 0.5) is 5.82 Å². The molecule has 1 N–H and O–H groups in total. The molecule has 26 heavy (non-hydrogen) atoms. The number of ether oxygens (including phenoxy) is 1. The molecule has 1 fully saturated rings. The summed E-state index contributed by atoms with van der Waals surface area (Å²) in [5.74, 6) is 1.07. The van der Waals surface area contributed by atoms with Crippen LogP contribution in [0.1, 0.15) is 24.1 Å². The smallest absolute Gasteiger partial charge is 0.223 e. The van der Waals surface area contributed by atoms with Gasteiger partial charge in [-0.1, -0.05) is 0 Å². The highest BCUT2D eigenvalue weighted by Gasteiger charge is 2.24. The van der Waals surface area contributed by atoms with Crippen molar-refractivity contribution in [3.05, 3.63) is 41.9 Å². The number of amides is 1. The van der Waals surface area contributed by atoms with Crippen molar-refractivity contribution in [2.45, 2.75) is 31.8 Å². The molecule has 3 heterocycles. The Labute approximate surface area is 154 Å². The van der Waals surface area contributed by atoms with Gasteiger partial charge in [-0.2, -0.15) is 5.10 Å². The van der Waals surface area contributed by atoms with E-state index >= 15 is 0 Å². The van der Waals surface area contributed by atoms with Gasteiger partial charge >= 0.3 is 0 Å². The van der Waals surface area contributed by atoms with Crippen LogP contribution in [0.25, 0.3) is 0 Å². The van der Waals surface area contributed by atoms with Crippen molar-refractivity contribution in [3.63, 3.8) is 0 Å². The van der Waals surface area contributed by atoms with E-state index in [0.717, 1.165) is 30.8 Å². The van der Waals surface area contributed by atoms with Gasteiger partial charge < -0.3 is 15.0 Å². The lowest BCUT2D eigenvalue weighted by Crippen LogP contribution is -2.45. The number of carbonyl (C=O) groups is 1. The number of hydrogen-bond acceptors (Lipinski definition) is 5. The third kappa shape index (κ3) is 4.82. The molecule has 0 aromatic carbocycles. The summed E-state index contributed by atoms with van der Waals surface area (Å²) in [6, 6.07) is 6.05. The quantitative estimate of drug-likeness (QED) is 0.816. The normalized spacial score (nSPS) is 17.3. The zero-order valence-corrected chi connectivity index (χ0v) is 15.5. The monoisotopic (exact) mass is 357 g/mol. The molecule has 7 nitrogen and oxygen atoms in total. The highest BCUT2D eigenvalue weighted by Crippen LogP contribution is 2.15. The third-order valence-corrected chi connectivity index (χ3v) is 4.84. The molecule has 1 aliphatic heterocycles. The number of pyridine rings is 1. The summed E-state index contributed by atoms with van der Waals surface area (Å²) in [5, 5.41) is 7.20. The largest absolute Gasteiger partial charge is 0.375 e. The van der Waals surface area contributed by atoms with E-state index in [4.69, 9.17) is 4.74 Å². The summed E-state index contributed by atoms with van der Waals surface area (Å²) in [7, 11) is 3.77. The summed E-state index contributed by atoms with van der Waals surface area (Å²) in [6.45, 7) is 1.97. The standard InChI is InChI=1S/C19H27N5O2/c1-20-18-13-15(7-9-21-18)3-5-17-14-24(11-12-26-17)19(25)6-4-16-8-10-22-23(16)2/h7-10,13,17H,3-6,11-12,14H2,1-2H3,(H,20,21)/t17-/m0/s1. The Kier molecular flexibility index (Phi) is 6.22. The van der Waals surface area contributed by atoms with E-state index in [1.165, 1.54) is 5.56 Å². The van der Waals surface area contributed by atoms with Gasteiger partial charge in [0, 0.05) is 51.7 Å². The van der Waals surface area contributed by atoms with Crippen LogP contribution in [-0.4, -0.2) is 58.4 Å². The lowest BCUT2D eigenvalue weighted by molar-refractivity contribution is -0.138. The summed E-state index contributed by atoms with van der Waals surface area (Å²) in [4.78, 5) is 18.7. The van der Waals surface area contributed by atoms with Crippen molar-refractivity contribution in [1.82, 2.24) is 19.7 Å². The molecule has 0 saturated carbocycles. The van der Waals surface area contributed by atoms with Crippen LogP contribution >= 0.6 is 0 Å². The van der Waals surface area contributed by atoms with Crippen LogP contribution in [0.15, 0.2) is 30.6 Å².